The van der Waals surface area contributed by atoms with Crippen LogP contribution in [0.4, 0.5) is 5.69 Å². The van der Waals surface area contributed by atoms with Gasteiger partial charge in [0.2, 0.25) is 0 Å². The summed E-state index contributed by atoms with van der Waals surface area (Å²) in [5.41, 5.74) is 6.97. The maximum Gasteiger partial charge on any atom is 0.350 e. The zero-order chi connectivity index (χ0) is 14.5. The van der Waals surface area contributed by atoms with Gasteiger partial charge in [-0.1, -0.05) is 0 Å². The van der Waals surface area contributed by atoms with Gasteiger partial charge in [0.1, 0.15) is 4.88 Å². The molecule has 0 saturated carbocycles. The molecule has 1 amide bonds. The Morgan fingerprint density at radius 2 is 2.25 bits per heavy atom. The van der Waals surface area contributed by atoms with Crippen LogP contribution in [-0.2, 0) is 11.3 Å². The number of pyridine rings is 1. The molecule has 6 nitrogen and oxygen atoms in total. The highest BCUT2D eigenvalue weighted by Gasteiger charge is 2.16. The third-order valence-electron chi connectivity index (χ3n) is 2.57. The molecule has 0 unspecified atom stereocenters. The van der Waals surface area contributed by atoms with Crippen LogP contribution in [0.5, 0.6) is 0 Å². The molecule has 2 rings (SSSR count). The van der Waals surface area contributed by atoms with Gasteiger partial charge >= 0.3 is 5.97 Å². The number of aromatic nitrogens is 1. The van der Waals surface area contributed by atoms with Crippen LogP contribution >= 0.6 is 11.3 Å². The summed E-state index contributed by atoms with van der Waals surface area (Å²) >= 11 is 1.21. The number of hydrogen-bond acceptors (Lipinski definition) is 6. The van der Waals surface area contributed by atoms with Crippen LogP contribution in [0.15, 0.2) is 29.8 Å². The summed E-state index contributed by atoms with van der Waals surface area (Å²) in [4.78, 5) is 28.0. The molecule has 0 atom stereocenters. The maximum atomic E-state index is 12.1. The minimum atomic E-state index is -0.479. The van der Waals surface area contributed by atoms with E-state index >= 15 is 0 Å². The van der Waals surface area contributed by atoms with E-state index in [9.17, 15) is 9.59 Å². The zero-order valence-corrected chi connectivity index (χ0v) is 11.6. The maximum absolute atomic E-state index is 12.1. The number of carbonyl (C=O) groups is 2. The molecule has 0 bridgehead atoms. The van der Waals surface area contributed by atoms with E-state index in [1.807, 2.05) is 0 Å². The predicted molar refractivity (Wildman–Crippen MR) is 75.7 cm³/mol. The Hall–Kier alpha value is -2.25. The summed E-state index contributed by atoms with van der Waals surface area (Å²) in [6.07, 6.45) is 1.52. The molecule has 0 aliphatic carbocycles. The molecular formula is C13H13N3O3S. The lowest BCUT2D eigenvalue weighted by Crippen LogP contribution is -2.14. The molecule has 2 aromatic rings. The van der Waals surface area contributed by atoms with Gasteiger partial charge in [-0.3, -0.25) is 9.78 Å². The van der Waals surface area contributed by atoms with Gasteiger partial charge in [-0.15, -0.1) is 11.3 Å². The fourth-order valence-corrected chi connectivity index (χ4v) is 2.35. The Balaban J connectivity index is 2.19. The fraction of sp³-hybridized carbons (Fsp3) is 0.154. The Labute approximate surface area is 119 Å². The van der Waals surface area contributed by atoms with E-state index < -0.39 is 5.97 Å². The monoisotopic (exact) mass is 291 g/mol. The van der Waals surface area contributed by atoms with Gasteiger partial charge in [0.05, 0.1) is 18.5 Å². The average Bonchev–Trinajstić information content (AvgIpc) is 2.94. The second-order valence-electron chi connectivity index (χ2n) is 3.85. The van der Waals surface area contributed by atoms with Crippen molar-refractivity contribution in [1.29, 1.82) is 0 Å². The minimum Gasteiger partial charge on any atom is -0.465 e. The van der Waals surface area contributed by atoms with Crippen molar-refractivity contribution in [2.24, 2.45) is 5.73 Å². The van der Waals surface area contributed by atoms with Crippen LogP contribution in [0.2, 0.25) is 0 Å². The number of nitrogens with zero attached hydrogens (tertiary/aromatic N) is 1. The lowest BCUT2D eigenvalue weighted by Gasteiger charge is -2.06. The molecule has 20 heavy (non-hydrogen) atoms. The number of amides is 1. The molecule has 0 saturated heterocycles. The van der Waals surface area contributed by atoms with Gasteiger partial charge in [-0.05, 0) is 23.6 Å². The number of methoxy groups -OCH3 is 1. The van der Waals surface area contributed by atoms with Crippen LogP contribution in [0.3, 0.4) is 0 Å². The number of nitrogens with one attached hydrogen (secondary N) is 1. The molecule has 104 valence electrons. The molecule has 0 aliphatic rings. The van der Waals surface area contributed by atoms with E-state index in [4.69, 9.17) is 5.73 Å². The highest BCUT2D eigenvalue weighted by Crippen LogP contribution is 2.23. The molecule has 0 aromatic carbocycles. The summed E-state index contributed by atoms with van der Waals surface area (Å²) in [5.74, 6) is -0.807. The molecule has 0 aliphatic heterocycles. The first-order valence-electron chi connectivity index (χ1n) is 5.78. The van der Waals surface area contributed by atoms with Gasteiger partial charge in [-0.2, -0.15) is 0 Å². The quantitative estimate of drug-likeness (QED) is 0.835. The number of nitrogens with two attached hydrogens (primary N) is 1. The van der Waals surface area contributed by atoms with Crippen molar-refractivity contribution in [3.63, 3.8) is 0 Å². The van der Waals surface area contributed by atoms with Gasteiger partial charge < -0.3 is 15.8 Å². The van der Waals surface area contributed by atoms with Crippen molar-refractivity contribution in [3.8, 4) is 0 Å². The van der Waals surface area contributed by atoms with Crippen molar-refractivity contribution >= 4 is 28.9 Å². The summed E-state index contributed by atoms with van der Waals surface area (Å²) < 4.78 is 4.65. The van der Waals surface area contributed by atoms with Crippen molar-refractivity contribution in [3.05, 3.63) is 45.9 Å². The molecule has 0 fully saturated rings. The first-order chi connectivity index (χ1) is 9.65. The number of hydrogen-bond donors (Lipinski definition) is 2. The highest BCUT2D eigenvalue weighted by atomic mass is 32.1. The number of esters is 1. The largest absolute Gasteiger partial charge is 0.465 e. The van der Waals surface area contributed by atoms with Crippen LogP contribution in [0, 0.1) is 0 Å². The minimum absolute atomic E-state index is 0.257. The highest BCUT2D eigenvalue weighted by molar-refractivity contribution is 7.12. The van der Waals surface area contributed by atoms with E-state index in [1.54, 1.807) is 23.6 Å². The van der Waals surface area contributed by atoms with Gasteiger partial charge in [0.25, 0.3) is 5.91 Å². The first-order valence-corrected chi connectivity index (χ1v) is 6.66. The smallest absolute Gasteiger partial charge is 0.350 e. The SMILES string of the molecule is COC(=O)c1sccc1NC(=O)c1ccnc(CN)c1. The second-order valence-corrected chi connectivity index (χ2v) is 4.77. The Morgan fingerprint density at radius 1 is 1.45 bits per heavy atom. The van der Waals surface area contributed by atoms with Gasteiger partial charge in [0, 0.05) is 18.3 Å². The first kappa shape index (κ1) is 14.2. The standard InChI is InChI=1S/C13H13N3O3S/c1-19-13(18)11-10(3-5-20-11)16-12(17)8-2-4-15-9(6-8)7-14/h2-6H,7,14H2,1H3,(H,16,17). The third kappa shape index (κ3) is 3.01. The van der Waals surface area contributed by atoms with E-state index in [-0.39, 0.29) is 12.5 Å². The molecule has 2 aromatic heterocycles. The summed E-state index contributed by atoms with van der Waals surface area (Å²) in [6, 6.07) is 4.85. The topological polar surface area (TPSA) is 94.3 Å². The van der Waals surface area contributed by atoms with Crippen molar-refractivity contribution in [1.82, 2.24) is 4.98 Å². The Kier molecular flexibility index (Phi) is 4.44. The number of thiophene rings is 1. The Morgan fingerprint density at radius 3 is 2.95 bits per heavy atom. The van der Waals surface area contributed by atoms with Gasteiger partial charge in [-0.25, -0.2) is 4.79 Å². The molecule has 0 spiro atoms. The normalized spacial score (nSPS) is 10.1. The fourth-order valence-electron chi connectivity index (χ4n) is 1.58. The van der Waals surface area contributed by atoms with Crippen LogP contribution in [0.25, 0.3) is 0 Å². The molecule has 2 heterocycles. The van der Waals surface area contributed by atoms with E-state index in [2.05, 4.69) is 15.0 Å². The van der Waals surface area contributed by atoms with Gasteiger partial charge in [0.15, 0.2) is 0 Å². The third-order valence-corrected chi connectivity index (χ3v) is 3.47. The number of carbonyl (C=O) groups excluding carboxylic acids is 2. The summed E-state index contributed by atoms with van der Waals surface area (Å²) in [7, 11) is 1.30. The zero-order valence-electron chi connectivity index (χ0n) is 10.8. The number of rotatable bonds is 4. The van der Waals surface area contributed by atoms with E-state index in [1.165, 1.54) is 24.6 Å². The summed E-state index contributed by atoms with van der Waals surface area (Å²) in [6.45, 7) is 0.257. The molecule has 0 radical (unpaired) electrons. The predicted octanol–water partition coefficient (Wildman–Crippen LogP) is 1.64. The lowest BCUT2D eigenvalue weighted by molar-refractivity contribution is 0.0607. The van der Waals surface area contributed by atoms with Crippen LogP contribution < -0.4 is 11.1 Å². The number of anilines is 1. The van der Waals surface area contributed by atoms with Crippen molar-refractivity contribution in [2.75, 3.05) is 12.4 Å². The Bertz CT molecular complexity index is 639. The van der Waals surface area contributed by atoms with E-state index in [0.29, 0.717) is 21.8 Å². The van der Waals surface area contributed by atoms with Crippen molar-refractivity contribution < 1.29 is 14.3 Å². The average molecular weight is 291 g/mol. The van der Waals surface area contributed by atoms with Crippen molar-refractivity contribution in [2.45, 2.75) is 6.54 Å². The van der Waals surface area contributed by atoms with Crippen LogP contribution in [-0.4, -0.2) is 24.0 Å². The molecule has 3 N–H and O–H groups in total. The van der Waals surface area contributed by atoms with Crippen LogP contribution in [0.1, 0.15) is 25.7 Å². The number of ether oxygens (including phenoxy) is 1. The molecular weight excluding hydrogens is 278 g/mol. The molecule has 7 heteroatoms. The second kappa shape index (κ2) is 6.27. The lowest BCUT2D eigenvalue weighted by atomic mass is 10.2. The van der Waals surface area contributed by atoms with E-state index in [0.717, 1.165) is 0 Å². The summed E-state index contributed by atoms with van der Waals surface area (Å²) in [5, 5.41) is 4.38.